The summed E-state index contributed by atoms with van der Waals surface area (Å²) in [5.74, 6) is -1.00. The van der Waals surface area contributed by atoms with Gasteiger partial charge in [-0.05, 0) is 12.8 Å². The van der Waals surface area contributed by atoms with Crippen molar-refractivity contribution in [2.45, 2.75) is 97.3 Å². The summed E-state index contributed by atoms with van der Waals surface area (Å²) in [7, 11) is 0. The molecular weight excluding hydrogens is 344 g/mol. The highest BCUT2D eigenvalue weighted by Crippen LogP contribution is 2.18. The summed E-state index contributed by atoms with van der Waals surface area (Å²) in [4.78, 5) is 24.9. The standard InChI is InChI=1S/C22H42O5/c1-3-5-7-9-11-12-14-20(21(24)15-13-10-8-6-4-2)22(25)27-19-18-26-17-16-23/h20,23H,3-19H2,1-2H3. The molecule has 1 unspecified atom stereocenters. The first-order valence-electron chi connectivity index (χ1n) is 11.0. The lowest BCUT2D eigenvalue weighted by atomic mass is 9.93. The summed E-state index contributed by atoms with van der Waals surface area (Å²) < 4.78 is 10.3. The van der Waals surface area contributed by atoms with Crippen LogP contribution < -0.4 is 0 Å². The predicted molar refractivity (Wildman–Crippen MR) is 109 cm³/mol. The fourth-order valence-electron chi connectivity index (χ4n) is 3.08. The molecule has 0 amide bonds. The van der Waals surface area contributed by atoms with Gasteiger partial charge in [0.15, 0.2) is 0 Å². The van der Waals surface area contributed by atoms with E-state index < -0.39 is 11.9 Å². The van der Waals surface area contributed by atoms with E-state index >= 15 is 0 Å². The molecule has 0 radical (unpaired) electrons. The Morgan fingerprint density at radius 2 is 1.37 bits per heavy atom. The van der Waals surface area contributed by atoms with Crippen molar-refractivity contribution < 1.29 is 24.2 Å². The van der Waals surface area contributed by atoms with E-state index in [0.29, 0.717) is 12.8 Å². The molecule has 27 heavy (non-hydrogen) atoms. The van der Waals surface area contributed by atoms with Crippen LogP contribution in [-0.2, 0) is 19.1 Å². The average Bonchev–Trinajstić information content (AvgIpc) is 2.66. The van der Waals surface area contributed by atoms with Crippen LogP contribution in [0.4, 0.5) is 0 Å². The third kappa shape index (κ3) is 15.8. The van der Waals surface area contributed by atoms with Crippen molar-refractivity contribution >= 4 is 11.8 Å². The van der Waals surface area contributed by atoms with Gasteiger partial charge in [0.1, 0.15) is 18.3 Å². The molecule has 0 bridgehead atoms. The van der Waals surface area contributed by atoms with E-state index in [1.54, 1.807) is 0 Å². The van der Waals surface area contributed by atoms with E-state index in [1.807, 2.05) is 0 Å². The Balaban J connectivity index is 4.28. The highest BCUT2D eigenvalue weighted by atomic mass is 16.6. The van der Waals surface area contributed by atoms with Gasteiger partial charge >= 0.3 is 5.97 Å². The van der Waals surface area contributed by atoms with Gasteiger partial charge < -0.3 is 14.6 Å². The van der Waals surface area contributed by atoms with Crippen LogP contribution in [0.5, 0.6) is 0 Å². The van der Waals surface area contributed by atoms with Gasteiger partial charge in [0, 0.05) is 6.42 Å². The van der Waals surface area contributed by atoms with Gasteiger partial charge in [-0.25, -0.2) is 0 Å². The van der Waals surface area contributed by atoms with Crippen LogP contribution in [0, 0.1) is 5.92 Å². The van der Waals surface area contributed by atoms with Crippen LogP contribution in [-0.4, -0.2) is 43.3 Å². The van der Waals surface area contributed by atoms with E-state index in [2.05, 4.69) is 13.8 Å². The molecule has 1 N–H and O–H groups in total. The summed E-state index contributed by atoms with van der Waals surface area (Å²) in [6, 6.07) is 0. The minimum atomic E-state index is -0.625. The van der Waals surface area contributed by atoms with E-state index in [9.17, 15) is 9.59 Å². The average molecular weight is 387 g/mol. The van der Waals surface area contributed by atoms with Crippen LogP contribution >= 0.6 is 0 Å². The number of rotatable bonds is 20. The Bertz CT molecular complexity index is 331. The maximum Gasteiger partial charge on any atom is 0.316 e. The smallest absolute Gasteiger partial charge is 0.316 e. The van der Waals surface area contributed by atoms with Crippen molar-refractivity contribution in [3.63, 3.8) is 0 Å². The summed E-state index contributed by atoms with van der Waals surface area (Å²) in [6.45, 7) is 4.93. The Hall–Kier alpha value is -0.940. The maximum atomic E-state index is 12.6. The SMILES string of the molecule is CCCCCCCCC(C(=O)CCCCCCC)C(=O)OCCOCCO. The number of carbonyl (C=O) groups is 2. The lowest BCUT2D eigenvalue weighted by molar-refractivity contribution is -0.153. The maximum absolute atomic E-state index is 12.6. The highest BCUT2D eigenvalue weighted by molar-refractivity contribution is 5.98. The quantitative estimate of drug-likeness (QED) is 0.184. The molecule has 0 aliphatic rings. The molecule has 0 aromatic rings. The first kappa shape index (κ1) is 26.1. The first-order valence-corrected chi connectivity index (χ1v) is 11.0. The van der Waals surface area contributed by atoms with Gasteiger partial charge in [0.2, 0.25) is 0 Å². The van der Waals surface area contributed by atoms with Crippen molar-refractivity contribution in [3.8, 4) is 0 Å². The molecule has 1 atom stereocenters. The third-order valence-corrected chi connectivity index (χ3v) is 4.75. The molecule has 5 nitrogen and oxygen atoms in total. The summed E-state index contributed by atoms with van der Waals surface area (Å²) >= 11 is 0. The van der Waals surface area contributed by atoms with Gasteiger partial charge in [-0.3, -0.25) is 9.59 Å². The molecule has 0 heterocycles. The fourth-order valence-corrected chi connectivity index (χ4v) is 3.08. The second-order valence-electron chi connectivity index (χ2n) is 7.24. The molecule has 0 spiro atoms. The summed E-state index contributed by atoms with van der Waals surface area (Å²) in [5.41, 5.74) is 0. The molecule has 0 aliphatic carbocycles. The molecule has 0 saturated heterocycles. The van der Waals surface area contributed by atoms with Crippen molar-refractivity contribution in [3.05, 3.63) is 0 Å². The summed E-state index contributed by atoms with van der Waals surface area (Å²) in [5, 5.41) is 8.67. The molecule has 0 saturated carbocycles. The molecule has 0 rings (SSSR count). The second-order valence-corrected chi connectivity index (χ2v) is 7.24. The lowest BCUT2D eigenvalue weighted by Crippen LogP contribution is -2.27. The van der Waals surface area contributed by atoms with Crippen LogP contribution in [0.1, 0.15) is 97.3 Å². The molecule has 0 fully saturated rings. The minimum absolute atomic E-state index is 0.0290. The number of ketones is 1. The Kier molecular flexibility index (Phi) is 19.1. The van der Waals surface area contributed by atoms with Crippen LogP contribution in [0.2, 0.25) is 0 Å². The number of esters is 1. The van der Waals surface area contributed by atoms with E-state index in [-0.39, 0.29) is 32.2 Å². The topological polar surface area (TPSA) is 72.8 Å². The second kappa shape index (κ2) is 19.8. The van der Waals surface area contributed by atoms with Crippen LogP contribution in [0.15, 0.2) is 0 Å². The van der Waals surface area contributed by atoms with Gasteiger partial charge in [-0.15, -0.1) is 0 Å². The number of aliphatic hydroxyl groups excluding tert-OH is 1. The fraction of sp³-hybridized carbons (Fsp3) is 0.909. The van der Waals surface area contributed by atoms with Gasteiger partial charge in [-0.2, -0.15) is 0 Å². The molecule has 160 valence electrons. The van der Waals surface area contributed by atoms with E-state index in [4.69, 9.17) is 14.6 Å². The minimum Gasteiger partial charge on any atom is -0.463 e. The Morgan fingerprint density at radius 1 is 0.778 bits per heavy atom. The number of Topliss-reactive ketones (excluding diaryl/α,β-unsaturated/α-hetero) is 1. The van der Waals surface area contributed by atoms with Crippen molar-refractivity contribution in [2.75, 3.05) is 26.4 Å². The zero-order valence-electron chi connectivity index (χ0n) is 17.7. The zero-order chi connectivity index (χ0) is 20.2. The van der Waals surface area contributed by atoms with E-state index in [0.717, 1.165) is 38.5 Å². The van der Waals surface area contributed by atoms with Crippen molar-refractivity contribution in [1.82, 2.24) is 0 Å². The Morgan fingerprint density at radius 3 is 2.00 bits per heavy atom. The predicted octanol–water partition coefficient (Wildman–Crippen LogP) is 4.83. The molecule has 5 heteroatoms. The van der Waals surface area contributed by atoms with Crippen molar-refractivity contribution in [1.29, 1.82) is 0 Å². The number of hydrogen-bond acceptors (Lipinski definition) is 5. The van der Waals surface area contributed by atoms with Crippen LogP contribution in [0.3, 0.4) is 0 Å². The summed E-state index contributed by atoms with van der Waals surface area (Å²) in [6.07, 6.45) is 13.3. The lowest BCUT2D eigenvalue weighted by Gasteiger charge is -2.15. The molecule has 0 aromatic heterocycles. The Labute approximate surface area is 166 Å². The van der Waals surface area contributed by atoms with Crippen molar-refractivity contribution in [2.24, 2.45) is 5.92 Å². The number of carbonyl (C=O) groups excluding carboxylic acids is 2. The van der Waals surface area contributed by atoms with Crippen LogP contribution in [0.25, 0.3) is 0 Å². The van der Waals surface area contributed by atoms with Gasteiger partial charge in [0.05, 0.1) is 19.8 Å². The number of hydrogen-bond donors (Lipinski definition) is 1. The van der Waals surface area contributed by atoms with Gasteiger partial charge in [0.25, 0.3) is 0 Å². The first-order chi connectivity index (χ1) is 13.2. The number of aliphatic hydroxyl groups is 1. The number of ether oxygens (including phenoxy) is 2. The molecule has 0 aliphatic heterocycles. The normalized spacial score (nSPS) is 12.1. The largest absolute Gasteiger partial charge is 0.463 e. The number of unbranched alkanes of at least 4 members (excludes halogenated alkanes) is 9. The molecule has 0 aromatic carbocycles. The van der Waals surface area contributed by atoms with Gasteiger partial charge in [-0.1, -0.05) is 78.1 Å². The third-order valence-electron chi connectivity index (χ3n) is 4.75. The zero-order valence-corrected chi connectivity index (χ0v) is 17.7. The van der Waals surface area contributed by atoms with E-state index in [1.165, 1.54) is 32.1 Å². The monoisotopic (exact) mass is 386 g/mol. The molecular formula is C22H42O5. The highest BCUT2D eigenvalue weighted by Gasteiger charge is 2.26.